The van der Waals surface area contributed by atoms with Gasteiger partial charge in [-0.15, -0.1) is 11.8 Å². The minimum Gasteiger partial charge on any atom is -0.495 e. The number of hydrogen-bond donors (Lipinski definition) is 3. The number of rotatable bonds is 9. The number of carboxylic acids is 1. The SMILES string of the molecule is COc1ccc(Cl)cc1NC(=O)C(Sc1cccc(NC(=O)C2CC=CCC2C(=O)O)c1)c1ccccc1. The van der Waals surface area contributed by atoms with E-state index in [2.05, 4.69) is 10.6 Å². The third kappa shape index (κ3) is 6.76. The lowest BCUT2D eigenvalue weighted by atomic mass is 9.82. The van der Waals surface area contributed by atoms with E-state index in [1.807, 2.05) is 42.5 Å². The van der Waals surface area contributed by atoms with Crippen molar-refractivity contribution in [3.8, 4) is 5.75 Å². The van der Waals surface area contributed by atoms with Gasteiger partial charge in [0.1, 0.15) is 11.0 Å². The number of allylic oxidation sites excluding steroid dienone is 2. The number of nitrogens with one attached hydrogen (secondary N) is 2. The molecule has 0 saturated heterocycles. The highest BCUT2D eigenvalue weighted by atomic mass is 35.5. The maximum atomic E-state index is 13.5. The number of carbonyl (C=O) groups is 3. The molecular weight excluding hydrogens is 524 g/mol. The molecule has 9 heteroatoms. The molecule has 3 atom stereocenters. The van der Waals surface area contributed by atoms with Crippen LogP contribution in [0.1, 0.15) is 23.7 Å². The highest BCUT2D eigenvalue weighted by Gasteiger charge is 2.34. The smallest absolute Gasteiger partial charge is 0.307 e. The van der Waals surface area contributed by atoms with Crippen molar-refractivity contribution in [1.82, 2.24) is 0 Å². The zero-order valence-electron chi connectivity index (χ0n) is 20.6. The fourth-order valence-corrected chi connectivity index (χ4v) is 5.53. The maximum absolute atomic E-state index is 13.5. The van der Waals surface area contributed by atoms with Gasteiger partial charge < -0.3 is 20.5 Å². The highest BCUT2D eigenvalue weighted by molar-refractivity contribution is 8.00. The van der Waals surface area contributed by atoms with E-state index in [0.29, 0.717) is 35.0 Å². The molecule has 3 aromatic carbocycles. The Balaban J connectivity index is 1.54. The average molecular weight is 551 g/mol. The van der Waals surface area contributed by atoms with Gasteiger partial charge in [0.25, 0.3) is 0 Å². The third-order valence-corrected chi connectivity index (χ3v) is 7.68. The van der Waals surface area contributed by atoms with E-state index in [9.17, 15) is 19.5 Å². The van der Waals surface area contributed by atoms with Gasteiger partial charge in [-0.25, -0.2) is 0 Å². The lowest BCUT2D eigenvalue weighted by Gasteiger charge is -2.24. The molecule has 196 valence electrons. The summed E-state index contributed by atoms with van der Waals surface area (Å²) in [7, 11) is 1.52. The van der Waals surface area contributed by atoms with E-state index in [1.54, 1.807) is 42.5 Å². The van der Waals surface area contributed by atoms with Gasteiger partial charge >= 0.3 is 5.97 Å². The Bertz CT molecular complexity index is 1350. The standard InChI is InChI=1S/C29H27ClN2O5S/c1-37-25-15-14-19(30)16-24(25)32-28(34)26(18-8-3-2-4-9-18)38-21-11-7-10-20(17-21)31-27(33)22-12-5-6-13-23(22)29(35)36/h2-11,14-17,22-23,26H,12-13H2,1H3,(H,31,33)(H,32,34)(H,35,36). The van der Waals surface area contributed by atoms with Gasteiger partial charge in [0.2, 0.25) is 11.8 Å². The average Bonchev–Trinajstić information content (AvgIpc) is 2.92. The molecule has 0 spiro atoms. The number of ether oxygens (including phenoxy) is 1. The van der Waals surface area contributed by atoms with E-state index < -0.39 is 23.1 Å². The number of carboxylic acid groups (broad SMARTS) is 1. The first-order chi connectivity index (χ1) is 18.4. The Morgan fingerprint density at radius 3 is 2.39 bits per heavy atom. The van der Waals surface area contributed by atoms with Gasteiger partial charge in [-0.1, -0.05) is 60.2 Å². The summed E-state index contributed by atoms with van der Waals surface area (Å²) in [5.74, 6) is -2.51. The van der Waals surface area contributed by atoms with E-state index in [-0.39, 0.29) is 11.8 Å². The quantitative estimate of drug-likeness (QED) is 0.209. The molecule has 0 fully saturated rings. The summed E-state index contributed by atoms with van der Waals surface area (Å²) in [6.45, 7) is 0. The van der Waals surface area contributed by atoms with Gasteiger partial charge in [0.05, 0.1) is 24.6 Å². The molecule has 0 bridgehead atoms. The van der Waals surface area contributed by atoms with Crippen LogP contribution in [0.3, 0.4) is 0 Å². The number of methoxy groups -OCH3 is 1. The van der Waals surface area contributed by atoms with Crippen LogP contribution < -0.4 is 15.4 Å². The second-order valence-corrected chi connectivity index (χ2v) is 10.4. The first-order valence-corrected chi connectivity index (χ1v) is 13.3. The van der Waals surface area contributed by atoms with Crippen LogP contribution in [0.2, 0.25) is 5.02 Å². The molecule has 0 saturated carbocycles. The van der Waals surface area contributed by atoms with Crippen LogP contribution in [0.15, 0.2) is 89.8 Å². The second-order valence-electron chi connectivity index (χ2n) is 8.75. The molecule has 0 radical (unpaired) electrons. The molecular formula is C29H27ClN2O5S. The van der Waals surface area contributed by atoms with Crippen LogP contribution in [0, 0.1) is 11.8 Å². The summed E-state index contributed by atoms with van der Waals surface area (Å²) >= 11 is 7.47. The van der Waals surface area contributed by atoms with Crippen molar-refractivity contribution in [1.29, 1.82) is 0 Å². The van der Waals surface area contributed by atoms with Crippen LogP contribution in [-0.2, 0) is 14.4 Å². The molecule has 3 N–H and O–H groups in total. The van der Waals surface area contributed by atoms with E-state index in [4.69, 9.17) is 16.3 Å². The molecule has 3 unspecified atom stereocenters. The lowest BCUT2D eigenvalue weighted by Crippen LogP contribution is -2.34. The minimum absolute atomic E-state index is 0.269. The van der Waals surface area contributed by atoms with Crippen molar-refractivity contribution < 1.29 is 24.2 Å². The molecule has 3 aromatic rings. The Hall–Kier alpha value is -3.75. The van der Waals surface area contributed by atoms with Crippen LogP contribution in [-0.4, -0.2) is 30.0 Å². The number of amides is 2. The van der Waals surface area contributed by atoms with Crippen molar-refractivity contribution in [3.05, 3.63) is 95.5 Å². The fourth-order valence-electron chi connectivity index (χ4n) is 4.27. The highest BCUT2D eigenvalue weighted by Crippen LogP contribution is 2.38. The summed E-state index contributed by atoms with van der Waals surface area (Å²) in [6, 6.07) is 21.5. The molecule has 0 heterocycles. The number of hydrogen-bond acceptors (Lipinski definition) is 5. The molecule has 1 aliphatic carbocycles. The minimum atomic E-state index is -0.980. The van der Waals surface area contributed by atoms with E-state index >= 15 is 0 Å². The van der Waals surface area contributed by atoms with Crippen molar-refractivity contribution in [2.24, 2.45) is 11.8 Å². The van der Waals surface area contributed by atoms with Gasteiger partial charge in [0, 0.05) is 15.6 Å². The van der Waals surface area contributed by atoms with Crippen LogP contribution >= 0.6 is 23.4 Å². The van der Waals surface area contributed by atoms with Gasteiger partial charge in [0.15, 0.2) is 0 Å². The molecule has 38 heavy (non-hydrogen) atoms. The lowest BCUT2D eigenvalue weighted by molar-refractivity contribution is -0.146. The second kappa shape index (κ2) is 12.7. The summed E-state index contributed by atoms with van der Waals surface area (Å²) in [4.78, 5) is 38.8. The fraction of sp³-hybridized carbons (Fsp3) is 0.207. The Morgan fingerprint density at radius 2 is 1.68 bits per heavy atom. The Morgan fingerprint density at radius 1 is 0.947 bits per heavy atom. The number of thioether (sulfide) groups is 1. The number of halogens is 1. The summed E-state index contributed by atoms with van der Waals surface area (Å²) < 4.78 is 5.37. The molecule has 0 aliphatic heterocycles. The summed E-state index contributed by atoms with van der Waals surface area (Å²) in [5.41, 5.74) is 1.79. The van der Waals surface area contributed by atoms with Gasteiger partial charge in [-0.05, 0) is 54.8 Å². The normalized spacial score (nSPS) is 17.3. The molecule has 1 aliphatic rings. The predicted molar refractivity (Wildman–Crippen MR) is 150 cm³/mol. The number of benzene rings is 3. The first kappa shape index (κ1) is 27.3. The molecule has 0 aromatic heterocycles. The monoisotopic (exact) mass is 550 g/mol. The topological polar surface area (TPSA) is 105 Å². The van der Waals surface area contributed by atoms with Crippen molar-refractivity contribution in [2.75, 3.05) is 17.7 Å². The number of carbonyl (C=O) groups excluding carboxylic acids is 2. The Labute approximate surface area is 230 Å². The van der Waals surface area contributed by atoms with Crippen LogP contribution in [0.25, 0.3) is 0 Å². The molecule has 7 nitrogen and oxygen atoms in total. The van der Waals surface area contributed by atoms with Gasteiger partial charge in [-0.2, -0.15) is 0 Å². The zero-order valence-corrected chi connectivity index (χ0v) is 22.2. The van der Waals surface area contributed by atoms with E-state index in [1.165, 1.54) is 18.9 Å². The first-order valence-electron chi connectivity index (χ1n) is 12.0. The van der Waals surface area contributed by atoms with Crippen molar-refractivity contribution in [2.45, 2.75) is 23.0 Å². The molecule has 2 amide bonds. The van der Waals surface area contributed by atoms with Crippen LogP contribution in [0.4, 0.5) is 11.4 Å². The van der Waals surface area contributed by atoms with E-state index in [0.717, 1.165) is 10.5 Å². The van der Waals surface area contributed by atoms with Crippen molar-refractivity contribution >= 4 is 52.5 Å². The largest absolute Gasteiger partial charge is 0.495 e. The molecule has 4 rings (SSSR count). The predicted octanol–water partition coefficient (Wildman–Crippen LogP) is 6.43. The van der Waals surface area contributed by atoms with Crippen molar-refractivity contribution in [3.63, 3.8) is 0 Å². The summed E-state index contributed by atoms with van der Waals surface area (Å²) in [6.07, 6.45) is 4.34. The zero-order chi connectivity index (χ0) is 27.1. The third-order valence-electron chi connectivity index (χ3n) is 6.20. The Kier molecular flexibility index (Phi) is 9.10. The maximum Gasteiger partial charge on any atom is 0.307 e. The number of anilines is 2. The number of aliphatic carboxylic acids is 1. The summed E-state index contributed by atoms with van der Waals surface area (Å²) in [5, 5.41) is 15.1. The van der Waals surface area contributed by atoms with Gasteiger partial charge in [-0.3, -0.25) is 14.4 Å². The van der Waals surface area contributed by atoms with Crippen LogP contribution in [0.5, 0.6) is 5.75 Å².